The average Bonchev–Trinajstić information content (AvgIpc) is 3.97. The van der Waals surface area contributed by atoms with E-state index >= 15 is 0 Å². The van der Waals surface area contributed by atoms with Gasteiger partial charge >= 0.3 is 18.0 Å². The Bertz CT molecular complexity index is 3130. The van der Waals surface area contributed by atoms with E-state index in [-0.39, 0.29) is 83.3 Å². The molecule has 2 N–H and O–H groups in total. The lowest BCUT2D eigenvalue weighted by Gasteiger charge is -2.49. The Morgan fingerprint density at radius 1 is 0.959 bits per heavy atom. The highest BCUT2D eigenvalue weighted by Gasteiger charge is 2.60. The zero-order chi connectivity index (χ0) is 51.8. The van der Waals surface area contributed by atoms with Crippen LogP contribution in [0.1, 0.15) is 119 Å². The number of pyridine rings is 2. The molecule has 6 atom stereocenters. The van der Waals surface area contributed by atoms with Gasteiger partial charge in [-0.25, -0.2) is 14.6 Å². The second kappa shape index (κ2) is 19.2. The lowest BCUT2D eigenvalue weighted by atomic mass is 9.56. The number of allylic oxidation sites excluding steroid dienone is 4. The number of anilines is 1. The maximum atomic E-state index is 13.7. The number of aliphatic hydroxyl groups is 1. The van der Waals surface area contributed by atoms with Crippen molar-refractivity contribution in [1.82, 2.24) is 19.4 Å². The van der Waals surface area contributed by atoms with Gasteiger partial charge in [-0.2, -0.15) is 0 Å². The molecule has 7 aliphatic rings. The molecule has 3 aliphatic heterocycles. The molecule has 16 heteroatoms. The summed E-state index contributed by atoms with van der Waals surface area (Å²) in [7, 11) is 2.06. The largest absolute Gasteiger partial charge is 0.508 e. The molecule has 2 saturated carbocycles. The number of phenolic OH excluding ortho intramolecular Hbond substituents is 1. The summed E-state index contributed by atoms with van der Waals surface area (Å²) in [6.45, 7) is 8.28. The zero-order valence-corrected chi connectivity index (χ0v) is 42.7. The van der Waals surface area contributed by atoms with E-state index in [1.807, 2.05) is 12.1 Å². The summed E-state index contributed by atoms with van der Waals surface area (Å²) in [5, 5.41) is 23.2. The molecule has 0 spiro atoms. The molecule has 1 amide bonds. The quantitative estimate of drug-likeness (QED) is 0.0714. The van der Waals surface area contributed by atoms with E-state index in [1.54, 1.807) is 41.5 Å². The standard InChI is InChI=1S/C58H65N5O11/c1-5-57(71)47-29-50-53-37(30-63(50)54(68)46(47)32-73-55(57)69)27-44-45(51(67)17-16-49(44)59-53)31-61-21-23-62(24-22-61)56(70)72-25-7-6-20-60(4)38-11-8-35(9-12-38)43-28-48-41(18-19-58(48,33(2)64)74-34(3)65)42-14-10-36-26-39(66)13-15-40(36)52(42)43/h8-9,11-12,16-17,26-27,29,41-43,48,67,71H,5-7,10,13-15,18-25,28,30-32H2,1-4H3/t41-,42-,43+,48?,57-,58-/m0/s1. The van der Waals surface area contributed by atoms with Crippen molar-refractivity contribution < 1.29 is 48.4 Å². The first-order valence-electron chi connectivity index (χ1n) is 26.5. The van der Waals surface area contributed by atoms with Crippen LogP contribution in [0.2, 0.25) is 0 Å². The number of phenols is 1. The normalized spacial score (nSPS) is 26.0. The number of piperazine rings is 1. The fraction of sp³-hybridized carbons (Fsp3) is 0.500. The van der Waals surface area contributed by atoms with E-state index in [1.165, 1.54) is 29.2 Å². The van der Waals surface area contributed by atoms with Crippen molar-refractivity contribution >= 4 is 46.2 Å². The van der Waals surface area contributed by atoms with Gasteiger partial charge in [-0.05, 0) is 136 Å². The van der Waals surface area contributed by atoms with Gasteiger partial charge in [-0.3, -0.25) is 24.1 Å². The molecule has 0 radical (unpaired) electrons. The zero-order valence-electron chi connectivity index (χ0n) is 42.7. The fourth-order valence-corrected chi connectivity index (χ4v) is 13.8. The van der Waals surface area contributed by atoms with Crippen molar-refractivity contribution in [2.45, 2.75) is 122 Å². The van der Waals surface area contributed by atoms with Gasteiger partial charge in [0.1, 0.15) is 12.4 Å². The SMILES string of the molecule is CC[C@@]1(O)C(=O)OCc2c1cc1n(c2=O)Cc2cc3c(CN4CCN(C(=O)OCCCCN(C)c5ccc([C@H]6CC7[C@@H](CC[C@]7(OC(C)=O)C(C)=O)[C@@H]7CCC8=CC(=O)CCC8=C76)cc5)CC4)c(O)ccc3nc2-1. The number of fused-ring (bicyclic) bond motifs is 9. The van der Waals surface area contributed by atoms with Gasteiger partial charge < -0.3 is 38.8 Å². The maximum Gasteiger partial charge on any atom is 0.409 e. The second-order valence-corrected chi connectivity index (χ2v) is 21.7. The Labute approximate surface area is 430 Å². The Kier molecular flexibility index (Phi) is 12.9. The van der Waals surface area contributed by atoms with Crippen molar-refractivity contribution in [3.8, 4) is 17.1 Å². The number of ketones is 2. The molecule has 1 unspecified atom stereocenters. The number of aromatic nitrogens is 2. The third-order valence-electron chi connectivity index (χ3n) is 17.7. The summed E-state index contributed by atoms with van der Waals surface area (Å²) in [5.74, 6) is -0.422. The third kappa shape index (κ3) is 8.41. The van der Waals surface area contributed by atoms with Crippen LogP contribution in [-0.4, -0.2) is 111 Å². The van der Waals surface area contributed by atoms with Crippen LogP contribution in [0.15, 0.2) is 76.1 Å². The minimum atomic E-state index is -1.91. The number of rotatable bonds is 12. The summed E-state index contributed by atoms with van der Waals surface area (Å²) in [6, 6.07) is 15.7. The van der Waals surface area contributed by atoms with E-state index in [9.17, 15) is 39.0 Å². The van der Waals surface area contributed by atoms with Crippen LogP contribution in [0.5, 0.6) is 5.75 Å². The van der Waals surface area contributed by atoms with E-state index < -0.39 is 23.1 Å². The van der Waals surface area contributed by atoms with Gasteiger partial charge in [-0.1, -0.05) is 24.6 Å². The monoisotopic (exact) mass is 1010 g/mol. The lowest BCUT2D eigenvalue weighted by Crippen LogP contribution is -2.50. The molecular weight excluding hydrogens is 943 g/mol. The molecule has 2 aromatic heterocycles. The summed E-state index contributed by atoms with van der Waals surface area (Å²) in [6.07, 6.45) is 8.26. The first-order chi connectivity index (χ1) is 35.6. The number of amides is 1. The first kappa shape index (κ1) is 49.6. The predicted octanol–water partition coefficient (Wildman–Crippen LogP) is 7.36. The van der Waals surface area contributed by atoms with Crippen molar-refractivity contribution in [3.05, 3.63) is 109 Å². The highest BCUT2D eigenvalue weighted by molar-refractivity contribution is 5.93. The van der Waals surface area contributed by atoms with Crippen LogP contribution < -0.4 is 10.5 Å². The van der Waals surface area contributed by atoms with E-state index in [4.69, 9.17) is 19.2 Å². The number of unbranched alkanes of at least 4 members (excludes halogenated alkanes) is 1. The second-order valence-electron chi connectivity index (χ2n) is 21.7. The molecule has 5 heterocycles. The van der Waals surface area contributed by atoms with Crippen LogP contribution in [0.25, 0.3) is 22.3 Å². The van der Waals surface area contributed by atoms with Crippen LogP contribution in [0, 0.1) is 17.8 Å². The molecule has 4 aliphatic carbocycles. The summed E-state index contributed by atoms with van der Waals surface area (Å²) < 4.78 is 18.6. The van der Waals surface area contributed by atoms with Gasteiger partial charge in [0.2, 0.25) is 0 Å². The third-order valence-corrected chi connectivity index (χ3v) is 17.7. The number of nitrogens with zero attached hydrogens (tertiary/aromatic N) is 5. The van der Waals surface area contributed by atoms with Crippen molar-refractivity contribution in [1.29, 1.82) is 0 Å². The van der Waals surface area contributed by atoms with E-state index in [2.05, 4.69) is 41.1 Å². The number of esters is 2. The number of carbonyl (C=O) groups is 5. The smallest absolute Gasteiger partial charge is 0.409 e. The number of aromatic hydroxyl groups is 1. The molecule has 4 aromatic rings. The van der Waals surface area contributed by atoms with Gasteiger partial charge in [0.25, 0.3) is 5.56 Å². The van der Waals surface area contributed by atoms with Crippen LogP contribution >= 0.6 is 0 Å². The van der Waals surface area contributed by atoms with Gasteiger partial charge in [0.05, 0.1) is 35.6 Å². The number of hydrogen-bond acceptors (Lipinski definition) is 14. The van der Waals surface area contributed by atoms with E-state index in [0.29, 0.717) is 87.5 Å². The Balaban J connectivity index is 0.683. The van der Waals surface area contributed by atoms with Crippen molar-refractivity contribution in [3.63, 3.8) is 0 Å². The molecule has 388 valence electrons. The summed E-state index contributed by atoms with van der Waals surface area (Å²) in [4.78, 5) is 88.9. The number of hydrogen-bond donors (Lipinski definition) is 2. The van der Waals surface area contributed by atoms with Crippen molar-refractivity contribution in [2.24, 2.45) is 17.8 Å². The minimum absolute atomic E-state index is 0.0503. The number of carbonyl (C=O) groups excluding carboxylic acids is 5. The van der Waals surface area contributed by atoms with Gasteiger partial charge in [0, 0.05) is 99.3 Å². The van der Waals surface area contributed by atoms with Crippen LogP contribution in [0.4, 0.5) is 10.5 Å². The highest BCUT2D eigenvalue weighted by atomic mass is 16.6. The van der Waals surface area contributed by atoms with Crippen LogP contribution in [-0.2, 0) is 58.7 Å². The number of Topliss-reactive ketones (excluding diaryl/α,β-unsaturated/α-hetero) is 1. The molecule has 74 heavy (non-hydrogen) atoms. The summed E-state index contributed by atoms with van der Waals surface area (Å²) in [5.41, 5.74) is 6.59. The lowest BCUT2D eigenvalue weighted by molar-refractivity contribution is -0.172. The van der Waals surface area contributed by atoms with E-state index in [0.717, 1.165) is 55.3 Å². The Hall–Kier alpha value is -6.65. The van der Waals surface area contributed by atoms with Crippen LogP contribution in [0.3, 0.4) is 0 Å². The molecule has 16 nitrogen and oxygen atoms in total. The van der Waals surface area contributed by atoms with Crippen molar-refractivity contribution in [2.75, 3.05) is 51.3 Å². The molecule has 3 fully saturated rings. The van der Waals surface area contributed by atoms with Gasteiger partial charge in [0.15, 0.2) is 22.8 Å². The molecule has 1 saturated heterocycles. The number of benzene rings is 2. The average molecular weight is 1010 g/mol. The number of cyclic esters (lactones) is 1. The molecule has 11 rings (SSSR count). The first-order valence-corrected chi connectivity index (χ1v) is 26.5. The minimum Gasteiger partial charge on any atom is -0.508 e. The maximum absolute atomic E-state index is 13.7. The van der Waals surface area contributed by atoms with Gasteiger partial charge in [-0.15, -0.1) is 0 Å². The molecular formula is C58H65N5O11. The topological polar surface area (TPSA) is 198 Å². The fourth-order valence-electron chi connectivity index (χ4n) is 13.8. The summed E-state index contributed by atoms with van der Waals surface area (Å²) >= 11 is 0. The Morgan fingerprint density at radius 3 is 2.49 bits per heavy atom. The highest BCUT2D eigenvalue weighted by Crippen LogP contribution is 2.62. The predicted molar refractivity (Wildman–Crippen MR) is 274 cm³/mol. The Morgan fingerprint density at radius 2 is 1.74 bits per heavy atom. The number of ether oxygens (including phenoxy) is 3. The molecule has 0 bridgehead atoms. The molecule has 2 aromatic carbocycles.